The van der Waals surface area contributed by atoms with Crippen LogP contribution in [0, 0.1) is 0 Å². The maximum atomic E-state index is 12.7. The van der Waals surface area contributed by atoms with Gasteiger partial charge in [-0.15, -0.1) is 11.3 Å². The van der Waals surface area contributed by atoms with Gasteiger partial charge < -0.3 is 14.2 Å². The number of H-pyrrole nitrogens is 1. The van der Waals surface area contributed by atoms with Crippen molar-refractivity contribution in [1.29, 1.82) is 0 Å². The first-order chi connectivity index (χ1) is 15.7. The van der Waals surface area contributed by atoms with Crippen LogP contribution in [-0.4, -0.2) is 26.1 Å². The SMILES string of the molecule is O=C(OCc1nc(-c2cccs2)no1)c1ccccc1Cc1nc2ccccc2c(=O)[nH]1. The van der Waals surface area contributed by atoms with Crippen molar-refractivity contribution in [3.63, 3.8) is 0 Å². The minimum absolute atomic E-state index is 0.142. The number of benzene rings is 2. The Morgan fingerprint density at radius 3 is 2.75 bits per heavy atom. The molecule has 0 fully saturated rings. The number of rotatable bonds is 6. The standard InChI is InChI=1S/C23H16N4O4S/c28-22-16-8-3-4-9-17(16)24-19(25-22)12-14-6-1-2-7-15(14)23(29)30-13-20-26-21(27-31-20)18-10-5-11-32-18/h1-11H,12-13H2,(H,24,25,28). The number of thiophene rings is 1. The van der Waals surface area contributed by atoms with E-state index in [1.165, 1.54) is 11.3 Å². The smallest absolute Gasteiger partial charge is 0.338 e. The van der Waals surface area contributed by atoms with Gasteiger partial charge in [0.15, 0.2) is 6.61 Å². The van der Waals surface area contributed by atoms with Crippen LogP contribution < -0.4 is 5.56 Å². The Balaban J connectivity index is 1.33. The van der Waals surface area contributed by atoms with Gasteiger partial charge in [0.05, 0.1) is 21.3 Å². The molecule has 2 aromatic carbocycles. The molecule has 5 rings (SSSR count). The van der Waals surface area contributed by atoms with Gasteiger partial charge in [-0.2, -0.15) is 4.98 Å². The Morgan fingerprint density at radius 2 is 1.88 bits per heavy atom. The Morgan fingerprint density at radius 1 is 1.03 bits per heavy atom. The van der Waals surface area contributed by atoms with Crippen molar-refractivity contribution in [2.75, 3.05) is 0 Å². The molecular formula is C23H16N4O4S. The van der Waals surface area contributed by atoms with Gasteiger partial charge in [0.2, 0.25) is 5.82 Å². The molecule has 0 radical (unpaired) electrons. The van der Waals surface area contributed by atoms with E-state index >= 15 is 0 Å². The molecule has 0 saturated carbocycles. The molecule has 5 aromatic rings. The molecule has 32 heavy (non-hydrogen) atoms. The zero-order valence-electron chi connectivity index (χ0n) is 16.6. The molecule has 9 heteroatoms. The van der Waals surface area contributed by atoms with Crippen molar-refractivity contribution in [1.82, 2.24) is 20.1 Å². The second kappa shape index (κ2) is 8.56. The summed E-state index contributed by atoms with van der Waals surface area (Å²) in [4.78, 5) is 37.5. The number of para-hydroxylation sites is 1. The predicted molar refractivity (Wildman–Crippen MR) is 118 cm³/mol. The van der Waals surface area contributed by atoms with Gasteiger partial charge in [0.1, 0.15) is 5.82 Å². The van der Waals surface area contributed by atoms with Crippen LogP contribution in [-0.2, 0) is 17.8 Å². The number of ether oxygens (including phenoxy) is 1. The number of esters is 1. The van der Waals surface area contributed by atoms with E-state index in [-0.39, 0.29) is 24.5 Å². The number of carbonyl (C=O) groups excluding carboxylic acids is 1. The number of carbonyl (C=O) groups is 1. The topological polar surface area (TPSA) is 111 Å². The molecule has 0 aliphatic heterocycles. The minimum Gasteiger partial charge on any atom is -0.452 e. The molecule has 8 nitrogen and oxygen atoms in total. The number of fused-ring (bicyclic) bond motifs is 1. The fourth-order valence-corrected chi connectivity index (χ4v) is 3.95. The Hall–Kier alpha value is -4.11. The molecule has 0 aliphatic rings. The van der Waals surface area contributed by atoms with Gasteiger partial charge in [-0.1, -0.05) is 41.6 Å². The number of nitrogens with one attached hydrogen (secondary N) is 1. The largest absolute Gasteiger partial charge is 0.452 e. The summed E-state index contributed by atoms with van der Waals surface area (Å²) in [6.45, 7) is -0.142. The molecule has 0 unspecified atom stereocenters. The first-order valence-corrected chi connectivity index (χ1v) is 10.6. The molecule has 1 N–H and O–H groups in total. The average Bonchev–Trinajstić information content (AvgIpc) is 3.50. The van der Waals surface area contributed by atoms with Gasteiger partial charge in [-0.3, -0.25) is 4.79 Å². The molecular weight excluding hydrogens is 428 g/mol. The summed E-state index contributed by atoms with van der Waals surface area (Å²) < 4.78 is 10.6. The summed E-state index contributed by atoms with van der Waals surface area (Å²) in [7, 11) is 0. The third kappa shape index (κ3) is 4.06. The van der Waals surface area contributed by atoms with Crippen molar-refractivity contribution in [2.45, 2.75) is 13.0 Å². The highest BCUT2D eigenvalue weighted by atomic mass is 32.1. The lowest BCUT2D eigenvalue weighted by Crippen LogP contribution is -2.14. The van der Waals surface area contributed by atoms with E-state index in [0.717, 1.165) is 4.88 Å². The number of hydrogen-bond acceptors (Lipinski definition) is 8. The van der Waals surface area contributed by atoms with E-state index < -0.39 is 5.97 Å². The minimum atomic E-state index is -0.528. The summed E-state index contributed by atoms with van der Waals surface area (Å²) >= 11 is 1.49. The molecule has 0 spiro atoms. The zero-order chi connectivity index (χ0) is 21.9. The summed E-state index contributed by atoms with van der Waals surface area (Å²) in [5, 5.41) is 6.34. The molecule has 0 atom stereocenters. The van der Waals surface area contributed by atoms with Crippen molar-refractivity contribution in [3.05, 3.63) is 99.2 Å². The maximum absolute atomic E-state index is 12.7. The third-order valence-corrected chi connectivity index (χ3v) is 5.66. The van der Waals surface area contributed by atoms with E-state index in [2.05, 4.69) is 20.1 Å². The summed E-state index contributed by atoms with van der Waals surface area (Å²) in [5.41, 5.74) is 1.44. The molecule has 158 valence electrons. The third-order valence-electron chi connectivity index (χ3n) is 4.79. The molecule has 3 heterocycles. The lowest BCUT2D eigenvalue weighted by atomic mass is 10.0. The normalized spacial score (nSPS) is 11.0. The highest BCUT2D eigenvalue weighted by molar-refractivity contribution is 7.13. The van der Waals surface area contributed by atoms with Crippen LogP contribution in [0.4, 0.5) is 0 Å². The second-order valence-electron chi connectivity index (χ2n) is 6.93. The predicted octanol–water partition coefficient (Wildman–Crippen LogP) is 3.98. The van der Waals surface area contributed by atoms with Crippen LogP contribution in [0.3, 0.4) is 0 Å². The van der Waals surface area contributed by atoms with Crippen molar-refractivity contribution >= 4 is 28.2 Å². The van der Waals surface area contributed by atoms with E-state index in [1.807, 2.05) is 29.6 Å². The molecule has 0 aliphatic carbocycles. The maximum Gasteiger partial charge on any atom is 0.338 e. The average molecular weight is 444 g/mol. The van der Waals surface area contributed by atoms with Crippen LogP contribution in [0.25, 0.3) is 21.6 Å². The monoisotopic (exact) mass is 444 g/mol. The van der Waals surface area contributed by atoms with Gasteiger partial charge in [-0.05, 0) is 35.2 Å². The van der Waals surface area contributed by atoms with Crippen molar-refractivity contribution < 1.29 is 14.1 Å². The Labute approximate surface area is 185 Å². The van der Waals surface area contributed by atoms with E-state index in [4.69, 9.17) is 9.26 Å². The van der Waals surface area contributed by atoms with Crippen LogP contribution in [0.5, 0.6) is 0 Å². The summed E-state index contributed by atoms with van der Waals surface area (Å²) in [6.07, 6.45) is 0.272. The van der Waals surface area contributed by atoms with E-state index in [0.29, 0.717) is 33.7 Å². The number of aromatic nitrogens is 4. The first-order valence-electron chi connectivity index (χ1n) is 9.77. The molecule has 3 aromatic heterocycles. The van der Waals surface area contributed by atoms with Crippen LogP contribution in [0.2, 0.25) is 0 Å². The Kier molecular flexibility index (Phi) is 5.30. The quantitative estimate of drug-likeness (QED) is 0.394. The van der Waals surface area contributed by atoms with Gasteiger partial charge >= 0.3 is 5.97 Å². The second-order valence-corrected chi connectivity index (χ2v) is 7.88. The molecule has 0 amide bonds. The highest BCUT2D eigenvalue weighted by Gasteiger charge is 2.16. The van der Waals surface area contributed by atoms with E-state index in [9.17, 15) is 9.59 Å². The lowest BCUT2D eigenvalue weighted by molar-refractivity contribution is 0.0428. The van der Waals surface area contributed by atoms with Gasteiger partial charge in [0.25, 0.3) is 11.4 Å². The Bertz CT molecular complexity index is 1460. The van der Waals surface area contributed by atoms with E-state index in [1.54, 1.807) is 36.4 Å². The van der Waals surface area contributed by atoms with Gasteiger partial charge in [-0.25, -0.2) is 9.78 Å². The summed E-state index contributed by atoms with van der Waals surface area (Å²) in [5.74, 6) is 0.601. The molecule has 0 saturated heterocycles. The summed E-state index contributed by atoms with van der Waals surface area (Å²) in [6, 6.07) is 17.9. The fraction of sp³-hybridized carbons (Fsp3) is 0.0870. The fourth-order valence-electron chi connectivity index (χ4n) is 3.30. The van der Waals surface area contributed by atoms with Gasteiger partial charge in [0, 0.05) is 6.42 Å². The first kappa shape index (κ1) is 19.8. The van der Waals surface area contributed by atoms with Crippen LogP contribution in [0.1, 0.15) is 27.6 Å². The van der Waals surface area contributed by atoms with Crippen molar-refractivity contribution in [3.8, 4) is 10.7 Å². The highest BCUT2D eigenvalue weighted by Crippen LogP contribution is 2.22. The number of hydrogen-bond donors (Lipinski definition) is 1. The van der Waals surface area contributed by atoms with Crippen LogP contribution >= 0.6 is 11.3 Å². The molecule has 0 bridgehead atoms. The number of nitrogens with zero attached hydrogens (tertiary/aromatic N) is 3. The lowest BCUT2D eigenvalue weighted by Gasteiger charge is -2.09. The zero-order valence-corrected chi connectivity index (χ0v) is 17.5. The number of aromatic amines is 1. The van der Waals surface area contributed by atoms with Crippen molar-refractivity contribution in [2.24, 2.45) is 0 Å². The van der Waals surface area contributed by atoms with Crippen LogP contribution in [0.15, 0.2) is 75.4 Å².